The summed E-state index contributed by atoms with van der Waals surface area (Å²) in [6, 6.07) is 18.5. The van der Waals surface area contributed by atoms with E-state index in [0.717, 1.165) is 41.2 Å². The Morgan fingerprint density at radius 2 is 1.61 bits per heavy atom. The minimum Gasteiger partial charge on any atom is -0.366 e. The van der Waals surface area contributed by atoms with Crippen LogP contribution in [0.5, 0.6) is 0 Å². The fourth-order valence-corrected chi connectivity index (χ4v) is 4.36. The van der Waals surface area contributed by atoms with E-state index in [1.165, 1.54) is 5.56 Å². The highest BCUT2D eigenvalue weighted by atomic mass is 16.2. The topological polar surface area (TPSA) is 65.1 Å². The molecule has 0 spiro atoms. The number of rotatable bonds is 3. The molecule has 0 unspecified atom stereocenters. The SMILES string of the molecule is CC(C)(C)c1ccc(-c2nc3c(N4CCN(C(=O)c5ccncc5)CC4)cccc3[nH]2)cc1. The quantitative estimate of drug-likeness (QED) is 0.494. The second kappa shape index (κ2) is 8.35. The van der Waals surface area contributed by atoms with Crippen molar-refractivity contribution in [3.05, 3.63) is 78.1 Å². The van der Waals surface area contributed by atoms with Gasteiger partial charge in [0.25, 0.3) is 5.91 Å². The number of carbonyl (C=O) groups is 1. The number of amides is 1. The van der Waals surface area contributed by atoms with Crippen LogP contribution in [0, 0.1) is 0 Å². The number of anilines is 1. The monoisotopic (exact) mass is 439 g/mol. The van der Waals surface area contributed by atoms with Gasteiger partial charge in [-0.1, -0.05) is 51.1 Å². The lowest BCUT2D eigenvalue weighted by atomic mass is 9.87. The summed E-state index contributed by atoms with van der Waals surface area (Å²) in [4.78, 5) is 29.5. The second-order valence-corrected chi connectivity index (χ2v) is 9.60. The first-order valence-corrected chi connectivity index (χ1v) is 11.4. The first-order valence-electron chi connectivity index (χ1n) is 11.4. The van der Waals surface area contributed by atoms with E-state index in [1.54, 1.807) is 24.5 Å². The van der Waals surface area contributed by atoms with E-state index in [4.69, 9.17) is 4.98 Å². The number of imidazole rings is 1. The predicted octanol–water partition coefficient (Wildman–Crippen LogP) is 4.88. The van der Waals surface area contributed by atoms with Gasteiger partial charge in [-0.25, -0.2) is 4.98 Å². The van der Waals surface area contributed by atoms with Crippen LogP contribution in [0.25, 0.3) is 22.4 Å². The van der Waals surface area contributed by atoms with Gasteiger partial charge in [0.2, 0.25) is 0 Å². The summed E-state index contributed by atoms with van der Waals surface area (Å²) < 4.78 is 0. The Morgan fingerprint density at radius 1 is 0.909 bits per heavy atom. The number of carbonyl (C=O) groups excluding carboxylic acids is 1. The van der Waals surface area contributed by atoms with Crippen molar-refractivity contribution < 1.29 is 4.79 Å². The molecule has 168 valence electrons. The highest BCUT2D eigenvalue weighted by Gasteiger charge is 2.24. The molecule has 3 heterocycles. The van der Waals surface area contributed by atoms with Gasteiger partial charge in [-0.15, -0.1) is 0 Å². The molecule has 2 aromatic carbocycles. The van der Waals surface area contributed by atoms with Crippen LogP contribution in [0.2, 0.25) is 0 Å². The molecule has 2 aromatic heterocycles. The van der Waals surface area contributed by atoms with Gasteiger partial charge in [-0.05, 0) is 35.2 Å². The number of nitrogens with zero attached hydrogens (tertiary/aromatic N) is 4. The van der Waals surface area contributed by atoms with Gasteiger partial charge in [0.1, 0.15) is 11.3 Å². The van der Waals surface area contributed by atoms with Crippen LogP contribution < -0.4 is 4.90 Å². The molecule has 0 saturated carbocycles. The second-order valence-electron chi connectivity index (χ2n) is 9.60. The number of piperazine rings is 1. The molecule has 1 aliphatic heterocycles. The smallest absolute Gasteiger partial charge is 0.254 e. The molecule has 4 aromatic rings. The maximum Gasteiger partial charge on any atom is 0.254 e. The van der Waals surface area contributed by atoms with Crippen LogP contribution in [-0.2, 0) is 5.41 Å². The molecule has 0 bridgehead atoms. The van der Waals surface area contributed by atoms with Crippen LogP contribution in [0.3, 0.4) is 0 Å². The van der Waals surface area contributed by atoms with Gasteiger partial charge >= 0.3 is 0 Å². The Labute approximate surface area is 194 Å². The maximum atomic E-state index is 12.8. The van der Waals surface area contributed by atoms with Gasteiger partial charge in [-0.3, -0.25) is 9.78 Å². The van der Waals surface area contributed by atoms with Crippen molar-refractivity contribution in [3.63, 3.8) is 0 Å². The van der Waals surface area contributed by atoms with Crippen molar-refractivity contribution in [2.75, 3.05) is 31.1 Å². The van der Waals surface area contributed by atoms with Gasteiger partial charge < -0.3 is 14.8 Å². The summed E-state index contributed by atoms with van der Waals surface area (Å²) in [5, 5.41) is 0. The van der Waals surface area contributed by atoms with E-state index in [0.29, 0.717) is 18.7 Å². The summed E-state index contributed by atoms with van der Waals surface area (Å²) in [6.07, 6.45) is 3.33. The highest BCUT2D eigenvalue weighted by Crippen LogP contribution is 2.30. The number of pyridine rings is 1. The van der Waals surface area contributed by atoms with E-state index in [1.807, 2.05) is 4.90 Å². The molecular weight excluding hydrogens is 410 g/mol. The van der Waals surface area contributed by atoms with Crippen molar-refractivity contribution in [1.82, 2.24) is 19.9 Å². The zero-order chi connectivity index (χ0) is 23.0. The van der Waals surface area contributed by atoms with Gasteiger partial charge in [0.05, 0.1) is 11.2 Å². The van der Waals surface area contributed by atoms with E-state index in [9.17, 15) is 4.79 Å². The molecular formula is C27H29N5O. The normalized spacial score (nSPS) is 14.6. The van der Waals surface area contributed by atoms with Crippen molar-refractivity contribution in [3.8, 4) is 11.4 Å². The zero-order valence-electron chi connectivity index (χ0n) is 19.4. The largest absolute Gasteiger partial charge is 0.366 e. The molecule has 1 amide bonds. The standard InChI is InChI=1S/C27H29N5O/c1-27(2,3)21-9-7-19(8-10-21)25-29-22-5-4-6-23(24(22)30-25)31-15-17-32(18-16-31)26(33)20-11-13-28-14-12-20/h4-14H,15-18H2,1-3H3,(H,29,30). The third kappa shape index (κ3) is 4.21. The molecule has 1 N–H and O–H groups in total. The summed E-state index contributed by atoms with van der Waals surface area (Å²) in [5.74, 6) is 0.945. The lowest BCUT2D eigenvalue weighted by Gasteiger charge is -2.36. The number of hydrogen-bond acceptors (Lipinski definition) is 4. The molecule has 1 aliphatic rings. The van der Waals surface area contributed by atoms with Gasteiger partial charge in [0.15, 0.2) is 0 Å². The number of aromatic amines is 1. The molecule has 33 heavy (non-hydrogen) atoms. The van der Waals surface area contributed by atoms with Crippen LogP contribution in [0.1, 0.15) is 36.7 Å². The zero-order valence-corrected chi connectivity index (χ0v) is 19.4. The number of fused-ring (bicyclic) bond motifs is 1. The molecule has 1 fully saturated rings. The third-order valence-electron chi connectivity index (χ3n) is 6.35. The Bertz CT molecular complexity index is 1260. The molecule has 0 atom stereocenters. The van der Waals surface area contributed by atoms with Crippen molar-refractivity contribution in [2.45, 2.75) is 26.2 Å². The number of nitrogens with one attached hydrogen (secondary N) is 1. The number of para-hydroxylation sites is 1. The Balaban J connectivity index is 1.36. The fraction of sp³-hybridized carbons (Fsp3) is 0.296. The predicted molar refractivity (Wildman–Crippen MR) is 133 cm³/mol. The average Bonchev–Trinajstić information content (AvgIpc) is 3.28. The minimum absolute atomic E-state index is 0.0658. The van der Waals surface area contributed by atoms with Gasteiger partial charge in [0, 0.05) is 49.7 Å². The first-order chi connectivity index (χ1) is 15.9. The summed E-state index contributed by atoms with van der Waals surface area (Å²) in [5.41, 5.74) is 6.31. The number of H-pyrrole nitrogens is 1. The molecule has 0 aliphatic carbocycles. The average molecular weight is 440 g/mol. The van der Waals surface area contributed by atoms with Crippen molar-refractivity contribution in [2.24, 2.45) is 0 Å². The molecule has 1 saturated heterocycles. The Kier molecular flexibility index (Phi) is 5.36. The van der Waals surface area contributed by atoms with E-state index < -0.39 is 0 Å². The van der Waals surface area contributed by atoms with E-state index in [2.05, 4.69) is 78.1 Å². The Hall–Kier alpha value is -3.67. The summed E-state index contributed by atoms with van der Waals surface area (Å²) in [6.45, 7) is 9.59. The summed E-state index contributed by atoms with van der Waals surface area (Å²) >= 11 is 0. The first kappa shape index (κ1) is 21.2. The lowest BCUT2D eigenvalue weighted by Crippen LogP contribution is -2.48. The summed E-state index contributed by atoms with van der Waals surface area (Å²) in [7, 11) is 0. The maximum absolute atomic E-state index is 12.8. The molecule has 6 nitrogen and oxygen atoms in total. The van der Waals surface area contributed by atoms with Crippen LogP contribution in [0.15, 0.2) is 67.0 Å². The number of hydrogen-bond donors (Lipinski definition) is 1. The van der Waals surface area contributed by atoms with Gasteiger partial charge in [-0.2, -0.15) is 0 Å². The van der Waals surface area contributed by atoms with E-state index >= 15 is 0 Å². The number of benzene rings is 2. The van der Waals surface area contributed by atoms with Crippen LogP contribution >= 0.6 is 0 Å². The third-order valence-corrected chi connectivity index (χ3v) is 6.35. The molecule has 0 radical (unpaired) electrons. The molecule has 6 heteroatoms. The van der Waals surface area contributed by atoms with E-state index in [-0.39, 0.29) is 11.3 Å². The van der Waals surface area contributed by atoms with Crippen LogP contribution in [-0.4, -0.2) is 51.9 Å². The van der Waals surface area contributed by atoms with Crippen molar-refractivity contribution in [1.29, 1.82) is 0 Å². The number of aromatic nitrogens is 3. The Morgan fingerprint density at radius 3 is 2.27 bits per heavy atom. The van der Waals surface area contributed by atoms with Crippen molar-refractivity contribution >= 4 is 22.6 Å². The minimum atomic E-state index is 0.0658. The highest BCUT2D eigenvalue weighted by molar-refractivity contribution is 5.94. The van der Waals surface area contributed by atoms with Crippen LogP contribution in [0.4, 0.5) is 5.69 Å². The lowest BCUT2D eigenvalue weighted by molar-refractivity contribution is 0.0746. The fourth-order valence-electron chi connectivity index (χ4n) is 4.36. The molecule has 5 rings (SSSR count).